The average molecular weight is 312 g/mol. The Labute approximate surface area is 110 Å². The third-order valence-corrected chi connectivity index (χ3v) is 3.01. The van der Waals surface area contributed by atoms with Crippen LogP contribution in [0.1, 0.15) is 0 Å². The van der Waals surface area contributed by atoms with Crippen molar-refractivity contribution in [2.45, 2.75) is 0 Å². The van der Waals surface area contributed by atoms with E-state index in [1.165, 1.54) is 5.69 Å². The molecule has 0 atom stereocenters. The zero-order chi connectivity index (χ0) is 9.97. The molecule has 0 spiro atoms. The van der Waals surface area contributed by atoms with Gasteiger partial charge in [-0.15, -0.1) is 12.4 Å². The number of hydrogen-bond acceptors (Lipinski definition) is 2. The summed E-state index contributed by atoms with van der Waals surface area (Å²) in [4.78, 5) is 2.34. The van der Waals surface area contributed by atoms with E-state index >= 15 is 0 Å². The molecule has 5 heteroatoms. The zero-order valence-corrected chi connectivity index (χ0v) is 11.3. The van der Waals surface area contributed by atoms with Crippen molar-refractivity contribution in [2.24, 2.45) is 0 Å². The van der Waals surface area contributed by atoms with Gasteiger partial charge in [-0.3, -0.25) is 0 Å². The molecule has 1 heterocycles. The molecule has 0 radical (unpaired) electrons. The highest BCUT2D eigenvalue weighted by Crippen LogP contribution is 2.25. The lowest BCUT2D eigenvalue weighted by Crippen LogP contribution is -2.43. The van der Waals surface area contributed by atoms with Gasteiger partial charge >= 0.3 is 0 Å². The normalized spacial score (nSPS) is 16.0. The number of nitrogens with zero attached hydrogens (tertiary/aromatic N) is 1. The van der Waals surface area contributed by atoms with Gasteiger partial charge in [-0.05, 0) is 18.2 Å². The summed E-state index contributed by atoms with van der Waals surface area (Å²) in [7, 11) is 0. The van der Waals surface area contributed by atoms with Crippen LogP contribution in [0.2, 0.25) is 5.02 Å². The van der Waals surface area contributed by atoms with Crippen molar-refractivity contribution < 1.29 is 0 Å². The molecule has 0 aliphatic carbocycles. The molecule has 0 bridgehead atoms. The fourth-order valence-corrected chi connectivity index (χ4v) is 2.49. The summed E-state index contributed by atoms with van der Waals surface area (Å²) >= 11 is 9.45. The molecule has 1 aromatic rings. The SMILES string of the molecule is Cl.Clc1cc(Br)cc(N2CCNCC2)c1. The second-order valence-corrected chi connectivity index (χ2v) is 4.72. The van der Waals surface area contributed by atoms with E-state index in [-0.39, 0.29) is 12.4 Å². The molecule has 1 aromatic carbocycles. The Kier molecular flexibility index (Phi) is 5.19. The van der Waals surface area contributed by atoms with Crippen LogP contribution in [0.25, 0.3) is 0 Å². The summed E-state index contributed by atoms with van der Waals surface area (Å²) in [6, 6.07) is 6.03. The van der Waals surface area contributed by atoms with Crippen LogP contribution in [0.15, 0.2) is 22.7 Å². The Balaban J connectivity index is 0.00000112. The summed E-state index contributed by atoms with van der Waals surface area (Å²) in [5.74, 6) is 0. The smallest absolute Gasteiger partial charge is 0.0437 e. The Morgan fingerprint density at radius 2 is 1.87 bits per heavy atom. The fraction of sp³-hybridized carbons (Fsp3) is 0.400. The maximum atomic E-state index is 6.00. The van der Waals surface area contributed by atoms with Gasteiger partial charge in [-0.25, -0.2) is 0 Å². The molecule has 0 amide bonds. The van der Waals surface area contributed by atoms with Crippen LogP contribution in [0, 0.1) is 0 Å². The number of halogens is 3. The lowest BCUT2D eigenvalue weighted by Gasteiger charge is -2.29. The Hall–Kier alpha value is 0.0400. The van der Waals surface area contributed by atoms with E-state index in [1.807, 2.05) is 12.1 Å². The quantitative estimate of drug-likeness (QED) is 0.858. The monoisotopic (exact) mass is 310 g/mol. The van der Waals surface area contributed by atoms with Gasteiger partial charge in [0.2, 0.25) is 0 Å². The highest BCUT2D eigenvalue weighted by molar-refractivity contribution is 9.10. The molecule has 0 aromatic heterocycles. The van der Waals surface area contributed by atoms with Crippen LogP contribution < -0.4 is 10.2 Å². The molecule has 15 heavy (non-hydrogen) atoms. The van der Waals surface area contributed by atoms with Crippen molar-refractivity contribution >= 4 is 45.6 Å². The lowest BCUT2D eigenvalue weighted by molar-refractivity contribution is 0.589. The highest BCUT2D eigenvalue weighted by atomic mass is 79.9. The number of anilines is 1. The molecule has 1 saturated heterocycles. The average Bonchev–Trinajstić information content (AvgIpc) is 2.18. The predicted octanol–water partition coefficient (Wildman–Crippen LogP) is 2.93. The van der Waals surface area contributed by atoms with Gasteiger partial charge in [-0.2, -0.15) is 0 Å². The maximum Gasteiger partial charge on any atom is 0.0437 e. The van der Waals surface area contributed by atoms with Crippen LogP contribution in [0.5, 0.6) is 0 Å². The van der Waals surface area contributed by atoms with E-state index in [0.717, 1.165) is 35.7 Å². The van der Waals surface area contributed by atoms with Crippen LogP contribution in [0.3, 0.4) is 0 Å². The maximum absolute atomic E-state index is 6.00. The van der Waals surface area contributed by atoms with Crippen molar-refractivity contribution in [2.75, 3.05) is 31.1 Å². The van der Waals surface area contributed by atoms with Crippen LogP contribution in [0.4, 0.5) is 5.69 Å². The van der Waals surface area contributed by atoms with Gasteiger partial charge in [-0.1, -0.05) is 27.5 Å². The second-order valence-electron chi connectivity index (χ2n) is 3.36. The number of benzene rings is 1. The standard InChI is InChI=1S/C10H12BrClN2.ClH/c11-8-5-9(12)7-10(6-8)14-3-1-13-2-4-14;/h5-7,13H,1-4H2;1H. The largest absolute Gasteiger partial charge is 0.369 e. The van der Waals surface area contributed by atoms with Gasteiger partial charge < -0.3 is 10.2 Å². The molecule has 2 nitrogen and oxygen atoms in total. The molecule has 0 unspecified atom stereocenters. The van der Waals surface area contributed by atoms with E-state index in [9.17, 15) is 0 Å². The zero-order valence-electron chi connectivity index (χ0n) is 8.17. The molecular weight excluding hydrogens is 299 g/mol. The minimum atomic E-state index is 0. The third-order valence-electron chi connectivity index (χ3n) is 2.33. The summed E-state index contributed by atoms with van der Waals surface area (Å²) in [6.07, 6.45) is 0. The fourth-order valence-electron chi connectivity index (χ4n) is 1.64. The van der Waals surface area contributed by atoms with Crippen molar-refractivity contribution in [1.82, 2.24) is 5.32 Å². The first-order chi connectivity index (χ1) is 6.75. The van der Waals surface area contributed by atoms with Crippen LogP contribution in [-0.4, -0.2) is 26.2 Å². The van der Waals surface area contributed by atoms with Gasteiger partial charge in [0, 0.05) is 41.4 Å². The summed E-state index contributed by atoms with van der Waals surface area (Å²) < 4.78 is 1.04. The van der Waals surface area contributed by atoms with E-state index in [2.05, 4.69) is 32.2 Å². The molecule has 0 saturated carbocycles. The molecule has 1 aliphatic rings. The van der Waals surface area contributed by atoms with E-state index < -0.39 is 0 Å². The number of hydrogen-bond donors (Lipinski definition) is 1. The van der Waals surface area contributed by atoms with Crippen LogP contribution in [-0.2, 0) is 0 Å². The third kappa shape index (κ3) is 3.52. The Bertz CT molecular complexity index is 307. The molecule has 1 aliphatic heterocycles. The predicted molar refractivity (Wildman–Crippen MR) is 71.5 cm³/mol. The van der Waals surface area contributed by atoms with Gasteiger partial charge in [0.25, 0.3) is 0 Å². The summed E-state index contributed by atoms with van der Waals surface area (Å²) in [6.45, 7) is 4.19. The first-order valence-corrected chi connectivity index (χ1v) is 5.84. The van der Waals surface area contributed by atoms with Crippen molar-refractivity contribution in [3.8, 4) is 0 Å². The van der Waals surface area contributed by atoms with Gasteiger partial charge in [0.1, 0.15) is 0 Å². The van der Waals surface area contributed by atoms with Crippen molar-refractivity contribution in [3.05, 3.63) is 27.7 Å². The summed E-state index contributed by atoms with van der Waals surface area (Å²) in [5.41, 5.74) is 1.20. The topological polar surface area (TPSA) is 15.3 Å². The number of nitrogens with one attached hydrogen (secondary N) is 1. The minimum absolute atomic E-state index is 0. The summed E-state index contributed by atoms with van der Waals surface area (Å²) in [5, 5.41) is 4.11. The molecule has 84 valence electrons. The van der Waals surface area contributed by atoms with E-state index in [0.29, 0.717) is 0 Å². The van der Waals surface area contributed by atoms with Crippen molar-refractivity contribution in [3.63, 3.8) is 0 Å². The van der Waals surface area contributed by atoms with E-state index in [1.54, 1.807) is 0 Å². The van der Waals surface area contributed by atoms with Crippen molar-refractivity contribution in [1.29, 1.82) is 0 Å². The highest BCUT2D eigenvalue weighted by Gasteiger charge is 2.10. The van der Waals surface area contributed by atoms with E-state index in [4.69, 9.17) is 11.6 Å². The molecule has 1 N–H and O–H groups in total. The second kappa shape index (κ2) is 5.94. The molecule has 2 rings (SSSR count). The Morgan fingerprint density at radius 1 is 1.20 bits per heavy atom. The number of rotatable bonds is 1. The first-order valence-electron chi connectivity index (χ1n) is 4.67. The van der Waals surface area contributed by atoms with Crippen LogP contribution >= 0.6 is 39.9 Å². The number of piperazine rings is 1. The molecule has 1 fully saturated rings. The first kappa shape index (κ1) is 13.1. The Morgan fingerprint density at radius 3 is 2.47 bits per heavy atom. The van der Waals surface area contributed by atoms with Gasteiger partial charge in [0.15, 0.2) is 0 Å². The lowest BCUT2D eigenvalue weighted by atomic mass is 10.2. The molecular formula is C10H13BrCl2N2. The minimum Gasteiger partial charge on any atom is -0.369 e. The van der Waals surface area contributed by atoms with Gasteiger partial charge in [0.05, 0.1) is 0 Å².